The van der Waals surface area contributed by atoms with Gasteiger partial charge < -0.3 is 10.5 Å². The number of aliphatic hydroxyl groups is 1. The van der Waals surface area contributed by atoms with Crippen molar-refractivity contribution in [3.8, 4) is 0 Å². The van der Waals surface area contributed by atoms with E-state index in [1.807, 2.05) is 0 Å². The van der Waals surface area contributed by atoms with E-state index in [1.54, 1.807) is 0 Å². The smallest absolute Gasteiger partial charge is 0.230 e. The zero-order chi connectivity index (χ0) is 10.7. The molecule has 1 rings (SSSR count). The van der Waals surface area contributed by atoms with Crippen molar-refractivity contribution in [2.75, 3.05) is 0 Å². The van der Waals surface area contributed by atoms with Crippen LogP contribution in [0.3, 0.4) is 0 Å². The molecule has 5 nitrogen and oxygen atoms in total. The first kappa shape index (κ1) is 10.8. The van der Waals surface area contributed by atoms with Gasteiger partial charge in [-0.25, -0.2) is 0 Å². The number of imide groups is 1. The summed E-state index contributed by atoms with van der Waals surface area (Å²) >= 11 is 0. The lowest BCUT2D eigenvalue weighted by Gasteiger charge is -2.21. The highest BCUT2D eigenvalue weighted by atomic mass is 16.3. The van der Waals surface area contributed by atoms with Crippen molar-refractivity contribution >= 4 is 17.5 Å². The summed E-state index contributed by atoms with van der Waals surface area (Å²) in [6.45, 7) is 1.49. The molecule has 1 aliphatic heterocycles. The molecule has 1 aliphatic rings. The number of carbonyl (C=O) groups excluding carboxylic acids is 2. The number of piperidine rings is 1. The van der Waals surface area contributed by atoms with Gasteiger partial charge in [0.2, 0.25) is 11.8 Å². The lowest BCUT2D eigenvalue weighted by atomic mass is 9.91. The molecule has 14 heavy (non-hydrogen) atoms. The van der Waals surface area contributed by atoms with Crippen LogP contribution in [0.2, 0.25) is 0 Å². The summed E-state index contributed by atoms with van der Waals surface area (Å²) in [6.07, 6.45) is 0.209. The zero-order valence-corrected chi connectivity index (χ0v) is 8.04. The minimum absolute atomic E-state index is 0.138. The molecule has 1 heterocycles. The third-order valence-corrected chi connectivity index (χ3v) is 2.32. The molecule has 5 heteroatoms. The van der Waals surface area contributed by atoms with E-state index in [2.05, 4.69) is 5.32 Å². The van der Waals surface area contributed by atoms with Crippen molar-refractivity contribution in [3.05, 3.63) is 0 Å². The number of nitrogens with one attached hydrogen (secondary N) is 2. The van der Waals surface area contributed by atoms with Gasteiger partial charge in [0.05, 0.1) is 6.10 Å². The highest BCUT2D eigenvalue weighted by Gasteiger charge is 2.27. The number of hydrogen-bond acceptors (Lipinski definition) is 4. The van der Waals surface area contributed by atoms with Gasteiger partial charge in [0.1, 0.15) is 0 Å². The van der Waals surface area contributed by atoms with Gasteiger partial charge in [-0.2, -0.15) is 0 Å². The fraction of sp³-hybridized carbons (Fsp3) is 0.667. The Morgan fingerprint density at radius 3 is 2.86 bits per heavy atom. The van der Waals surface area contributed by atoms with Crippen LogP contribution in [-0.2, 0) is 9.59 Å². The van der Waals surface area contributed by atoms with E-state index in [0.29, 0.717) is 12.8 Å². The number of carbonyl (C=O) groups is 2. The summed E-state index contributed by atoms with van der Waals surface area (Å²) in [5, 5.41) is 18.7. The molecule has 0 radical (unpaired) electrons. The summed E-state index contributed by atoms with van der Waals surface area (Å²) in [4.78, 5) is 22.1. The second kappa shape index (κ2) is 4.32. The number of hydrogen-bond donors (Lipinski definition) is 3. The average Bonchev–Trinajstić information content (AvgIpc) is 2.09. The van der Waals surface area contributed by atoms with Crippen LogP contribution < -0.4 is 5.32 Å². The molecule has 0 aromatic rings. The first-order chi connectivity index (χ1) is 6.50. The number of aliphatic hydroxyl groups excluding tert-OH is 1. The SMILES string of the molecule is CC(O)C(=N)CC1CCC(=O)NC1=O. The Hall–Kier alpha value is -1.23. The lowest BCUT2D eigenvalue weighted by molar-refractivity contribution is -0.136. The third-order valence-electron chi connectivity index (χ3n) is 2.32. The second-order valence-corrected chi connectivity index (χ2v) is 3.55. The van der Waals surface area contributed by atoms with Crippen LogP contribution >= 0.6 is 0 Å². The van der Waals surface area contributed by atoms with E-state index in [1.165, 1.54) is 6.92 Å². The Morgan fingerprint density at radius 2 is 2.36 bits per heavy atom. The monoisotopic (exact) mass is 198 g/mol. The Morgan fingerprint density at radius 1 is 1.71 bits per heavy atom. The molecular weight excluding hydrogens is 184 g/mol. The van der Waals surface area contributed by atoms with Gasteiger partial charge in [0.15, 0.2) is 0 Å². The third kappa shape index (κ3) is 2.63. The van der Waals surface area contributed by atoms with Crippen LogP contribution in [-0.4, -0.2) is 28.7 Å². The molecule has 1 fully saturated rings. The first-order valence-corrected chi connectivity index (χ1v) is 4.59. The maximum Gasteiger partial charge on any atom is 0.230 e. The average molecular weight is 198 g/mol. The van der Waals surface area contributed by atoms with Crippen LogP contribution in [0.1, 0.15) is 26.2 Å². The summed E-state index contributed by atoms with van der Waals surface area (Å²) in [5.74, 6) is -0.920. The standard InChI is InChI=1S/C9H14N2O3/c1-5(12)7(10)4-6-2-3-8(13)11-9(6)14/h5-6,10,12H,2-4H2,1H3,(H,11,13,14). The van der Waals surface area contributed by atoms with Crippen LogP contribution in [0.25, 0.3) is 0 Å². The lowest BCUT2D eigenvalue weighted by Crippen LogP contribution is -2.42. The molecule has 2 amide bonds. The van der Waals surface area contributed by atoms with Gasteiger partial charge in [0.25, 0.3) is 0 Å². The predicted molar refractivity (Wildman–Crippen MR) is 49.9 cm³/mol. The highest BCUT2D eigenvalue weighted by Crippen LogP contribution is 2.17. The molecule has 0 aliphatic carbocycles. The summed E-state index contributed by atoms with van der Waals surface area (Å²) in [7, 11) is 0. The fourth-order valence-electron chi connectivity index (χ4n) is 1.37. The Kier molecular flexibility index (Phi) is 3.35. The topological polar surface area (TPSA) is 90.2 Å². The quantitative estimate of drug-likeness (QED) is 0.434. The van der Waals surface area contributed by atoms with E-state index in [0.717, 1.165) is 0 Å². The largest absolute Gasteiger partial charge is 0.387 e. The fourth-order valence-corrected chi connectivity index (χ4v) is 1.37. The molecule has 2 unspecified atom stereocenters. The van der Waals surface area contributed by atoms with E-state index in [9.17, 15) is 9.59 Å². The van der Waals surface area contributed by atoms with Crippen LogP contribution in [0, 0.1) is 11.3 Å². The molecule has 0 saturated carbocycles. The van der Waals surface area contributed by atoms with E-state index in [4.69, 9.17) is 10.5 Å². The Balaban J connectivity index is 2.49. The van der Waals surface area contributed by atoms with E-state index in [-0.39, 0.29) is 29.9 Å². The molecule has 0 bridgehead atoms. The van der Waals surface area contributed by atoms with Crippen LogP contribution in [0.15, 0.2) is 0 Å². The van der Waals surface area contributed by atoms with Gasteiger partial charge in [0, 0.05) is 18.1 Å². The Labute approximate surface area is 82.0 Å². The maximum atomic E-state index is 11.3. The Bertz CT molecular complexity index is 273. The molecule has 0 aromatic carbocycles. The predicted octanol–water partition coefficient (Wildman–Crippen LogP) is -0.170. The van der Waals surface area contributed by atoms with E-state index >= 15 is 0 Å². The van der Waals surface area contributed by atoms with Crippen molar-refractivity contribution in [2.45, 2.75) is 32.3 Å². The maximum absolute atomic E-state index is 11.3. The molecular formula is C9H14N2O3. The van der Waals surface area contributed by atoms with Crippen molar-refractivity contribution in [2.24, 2.45) is 5.92 Å². The second-order valence-electron chi connectivity index (χ2n) is 3.55. The van der Waals surface area contributed by atoms with E-state index < -0.39 is 6.10 Å². The van der Waals surface area contributed by atoms with Crippen molar-refractivity contribution in [1.29, 1.82) is 5.41 Å². The van der Waals surface area contributed by atoms with Gasteiger partial charge in [-0.15, -0.1) is 0 Å². The molecule has 1 saturated heterocycles. The van der Waals surface area contributed by atoms with Gasteiger partial charge in [-0.1, -0.05) is 0 Å². The molecule has 2 atom stereocenters. The highest BCUT2D eigenvalue weighted by molar-refractivity contribution is 6.00. The summed E-state index contributed by atoms with van der Waals surface area (Å²) in [5.41, 5.74) is 0.138. The molecule has 0 aromatic heterocycles. The molecule has 3 N–H and O–H groups in total. The molecule has 0 spiro atoms. The van der Waals surface area contributed by atoms with Crippen molar-refractivity contribution in [3.63, 3.8) is 0 Å². The zero-order valence-electron chi connectivity index (χ0n) is 8.04. The summed E-state index contributed by atoms with van der Waals surface area (Å²) < 4.78 is 0. The van der Waals surface area contributed by atoms with Crippen LogP contribution in [0.5, 0.6) is 0 Å². The van der Waals surface area contributed by atoms with Gasteiger partial charge in [-0.05, 0) is 19.8 Å². The summed E-state index contributed by atoms with van der Waals surface area (Å²) in [6, 6.07) is 0. The van der Waals surface area contributed by atoms with Crippen LogP contribution in [0.4, 0.5) is 0 Å². The normalized spacial score (nSPS) is 24.3. The van der Waals surface area contributed by atoms with Crippen molar-refractivity contribution in [1.82, 2.24) is 5.32 Å². The van der Waals surface area contributed by atoms with Gasteiger partial charge >= 0.3 is 0 Å². The van der Waals surface area contributed by atoms with Crippen molar-refractivity contribution < 1.29 is 14.7 Å². The first-order valence-electron chi connectivity index (χ1n) is 4.59. The number of rotatable bonds is 3. The molecule has 78 valence electrons. The number of amides is 2. The minimum atomic E-state index is -0.819. The minimum Gasteiger partial charge on any atom is -0.387 e. The van der Waals surface area contributed by atoms with Gasteiger partial charge in [-0.3, -0.25) is 14.9 Å².